The molecule has 6 heteroatoms. The van der Waals surface area contributed by atoms with Crippen LogP contribution >= 0.6 is 0 Å². The molecular formula is C21H29N5O. The fraction of sp³-hybridized carbons (Fsp3) is 0.429. The van der Waals surface area contributed by atoms with Crippen LogP contribution in [-0.2, 0) is 0 Å². The molecule has 0 atom stereocenters. The van der Waals surface area contributed by atoms with Crippen LogP contribution in [0.4, 0.5) is 17.2 Å². The van der Waals surface area contributed by atoms with Crippen LogP contribution in [0, 0.1) is 0 Å². The molecule has 1 N–H and O–H groups in total. The highest BCUT2D eigenvalue weighted by atomic mass is 16.2. The van der Waals surface area contributed by atoms with Crippen LogP contribution in [0.25, 0.3) is 0 Å². The van der Waals surface area contributed by atoms with Crippen molar-refractivity contribution in [2.75, 3.05) is 56.5 Å². The minimum absolute atomic E-state index is 0.0378. The first-order chi connectivity index (χ1) is 13.1. The maximum absolute atomic E-state index is 12.5. The van der Waals surface area contributed by atoms with Crippen molar-refractivity contribution >= 4 is 23.1 Å². The monoisotopic (exact) mass is 367 g/mol. The van der Waals surface area contributed by atoms with Gasteiger partial charge >= 0.3 is 0 Å². The molecule has 0 radical (unpaired) electrons. The first kappa shape index (κ1) is 19.2. The Kier molecular flexibility index (Phi) is 6.29. The molecule has 6 nitrogen and oxygen atoms in total. The van der Waals surface area contributed by atoms with Gasteiger partial charge in [-0.25, -0.2) is 4.98 Å². The summed E-state index contributed by atoms with van der Waals surface area (Å²) < 4.78 is 0. The van der Waals surface area contributed by atoms with Crippen molar-refractivity contribution in [1.29, 1.82) is 0 Å². The third kappa shape index (κ3) is 4.77. The van der Waals surface area contributed by atoms with Gasteiger partial charge in [0.15, 0.2) is 0 Å². The molecule has 2 heterocycles. The zero-order valence-corrected chi connectivity index (χ0v) is 16.5. The zero-order chi connectivity index (χ0) is 19.2. The van der Waals surface area contributed by atoms with Crippen LogP contribution in [0.2, 0.25) is 0 Å². The number of benzene rings is 1. The fourth-order valence-electron chi connectivity index (χ4n) is 3.29. The van der Waals surface area contributed by atoms with Gasteiger partial charge in [0, 0.05) is 62.4 Å². The van der Waals surface area contributed by atoms with E-state index in [2.05, 4.69) is 51.4 Å². The summed E-state index contributed by atoms with van der Waals surface area (Å²) in [4.78, 5) is 23.4. The standard InChI is InChI=1S/C21H29N5O/c1-4-25(5-2)21(27)17-10-11-22-20(16-17)23-18-6-8-19(9-7-18)26-14-12-24(3)13-15-26/h6-11,16H,4-5,12-15H2,1-3H3,(H,22,23). The molecular weight excluding hydrogens is 338 g/mol. The molecule has 0 saturated carbocycles. The lowest BCUT2D eigenvalue weighted by atomic mass is 10.2. The number of carbonyl (C=O) groups excluding carboxylic acids is 1. The van der Waals surface area contributed by atoms with E-state index < -0.39 is 0 Å². The number of piperazine rings is 1. The van der Waals surface area contributed by atoms with Gasteiger partial charge in [0.2, 0.25) is 0 Å². The van der Waals surface area contributed by atoms with E-state index in [1.165, 1.54) is 5.69 Å². The number of pyridine rings is 1. The second kappa shape index (κ2) is 8.86. The van der Waals surface area contributed by atoms with Crippen molar-refractivity contribution in [3.63, 3.8) is 0 Å². The molecule has 1 amide bonds. The molecule has 1 aliphatic rings. The van der Waals surface area contributed by atoms with Crippen LogP contribution in [-0.4, -0.2) is 67.0 Å². The first-order valence-corrected chi connectivity index (χ1v) is 9.66. The van der Waals surface area contributed by atoms with Crippen molar-refractivity contribution < 1.29 is 4.79 Å². The van der Waals surface area contributed by atoms with E-state index in [-0.39, 0.29) is 5.91 Å². The van der Waals surface area contributed by atoms with E-state index in [1.54, 1.807) is 12.3 Å². The Labute approximate surface area is 161 Å². The number of nitrogens with one attached hydrogen (secondary N) is 1. The zero-order valence-electron chi connectivity index (χ0n) is 16.5. The summed E-state index contributed by atoms with van der Waals surface area (Å²) in [7, 11) is 2.16. The Morgan fingerprint density at radius 3 is 2.37 bits per heavy atom. The van der Waals surface area contributed by atoms with Gasteiger partial charge in [-0.1, -0.05) is 0 Å². The van der Waals surface area contributed by atoms with E-state index >= 15 is 0 Å². The van der Waals surface area contributed by atoms with Gasteiger partial charge in [-0.15, -0.1) is 0 Å². The number of anilines is 3. The number of likely N-dealkylation sites (N-methyl/N-ethyl adjacent to an activating group) is 1. The Bertz CT molecular complexity index is 749. The molecule has 1 fully saturated rings. The van der Waals surface area contributed by atoms with Crippen LogP contribution in [0.1, 0.15) is 24.2 Å². The van der Waals surface area contributed by atoms with Gasteiger partial charge in [0.25, 0.3) is 5.91 Å². The molecule has 0 spiro atoms. The van der Waals surface area contributed by atoms with E-state index in [0.717, 1.165) is 31.9 Å². The Hall–Kier alpha value is -2.60. The molecule has 0 bridgehead atoms. The van der Waals surface area contributed by atoms with Crippen LogP contribution in [0.15, 0.2) is 42.6 Å². The minimum atomic E-state index is 0.0378. The highest BCUT2D eigenvalue weighted by Crippen LogP contribution is 2.22. The van der Waals surface area contributed by atoms with Gasteiger partial charge < -0.3 is 20.0 Å². The molecule has 1 saturated heterocycles. The number of nitrogens with zero attached hydrogens (tertiary/aromatic N) is 4. The summed E-state index contributed by atoms with van der Waals surface area (Å²) in [6.07, 6.45) is 1.68. The second-order valence-electron chi connectivity index (χ2n) is 6.87. The number of amides is 1. The lowest BCUT2D eigenvalue weighted by Crippen LogP contribution is -2.44. The molecule has 1 aromatic carbocycles. The van der Waals surface area contributed by atoms with Crippen molar-refractivity contribution in [1.82, 2.24) is 14.8 Å². The third-order valence-corrected chi connectivity index (χ3v) is 5.07. The molecule has 0 unspecified atom stereocenters. The molecule has 1 aliphatic heterocycles. The maximum atomic E-state index is 12.5. The summed E-state index contributed by atoms with van der Waals surface area (Å²) in [5, 5.41) is 3.30. The Balaban J connectivity index is 1.67. The summed E-state index contributed by atoms with van der Waals surface area (Å²) in [6.45, 7) is 9.69. The first-order valence-electron chi connectivity index (χ1n) is 9.66. The van der Waals surface area contributed by atoms with E-state index in [1.807, 2.05) is 24.8 Å². The topological polar surface area (TPSA) is 51.7 Å². The molecule has 1 aromatic heterocycles. The maximum Gasteiger partial charge on any atom is 0.254 e. The van der Waals surface area contributed by atoms with Gasteiger partial charge in [-0.05, 0) is 57.3 Å². The van der Waals surface area contributed by atoms with Crippen LogP contribution in [0.5, 0.6) is 0 Å². The van der Waals surface area contributed by atoms with E-state index in [0.29, 0.717) is 24.5 Å². The summed E-state index contributed by atoms with van der Waals surface area (Å²) >= 11 is 0. The van der Waals surface area contributed by atoms with Crippen molar-refractivity contribution in [2.45, 2.75) is 13.8 Å². The molecule has 27 heavy (non-hydrogen) atoms. The number of rotatable bonds is 6. The number of hydrogen-bond acceptors (Lipinski definition) is 5. The molecule has 3 rings (SSSR count). The quantitative estimate of drug-likeness (QED) is 0.850. The lowest BCUT2D eigenvalue weighted by Gasteiger charge is -2.34. The van der Waals surface area contributed by atoms with Gasteiger partial charge in [0.05, 0.1) is 0 Å². The summed E-state index contributed by atoms with van der Waals surface area (Å²) in [6, 6.07) is 12.0. The van der Waals surface area contributed by atoms with Gasteiger partial charge in [-0.2, -0.15) is 0 Å². The average molecular weight is 367 g/mol. The van der Waals surface area contributed by atoms with Crippen LogP contribution in [0.3, 0.4) is 0 Å². The SMILES string of the molecule is CCN(CC)C(=O)c1ccnc(Nc2ccc(N3CCN(C)CC3)cc2)c1. The van der Waals surface area contributed by atoms with Gasteiger partial charge in [0.1, 0.15) is 5.82 Å². The summed E-state index contributed by atoms with van der Waals surface area (Å²) in [5.41, 5.74) is 2.87. The van der Waals surface area contributed by atoms with Crippen molar-refractivity contribution in [2.24, 2.45) is 0 Å². The largest absolute Gasteiger partial charge is 0.369 e. The van der Waals surface area contributed by atoms with E-state index in [9.17, 15) is 4.79 Å². The molecule has 0 aliphatic carbocycles. The predicted octanol–water partition coefficient (Wildman–Crippen LogP) is 3.06. The summed E-state index contributed by atoms with van der Waals surface area (Å²) in [5.74, 6) is 0.719. The highest BCUT2D eigenvalue weighted by Gasteiger charge is 2.15. The number of aromatic nitrogens is 1. The van der Waals surface area contributed by atoms with Gasteiger partial charge in [-0.3, -0.25) is 4.79 Å². The Morgan fingerprint density at radius 1 is 1.07 bits per heavy atom. The normalized spacial score (nSPS) is 14.9. The highest BCUT2D eigenvalue weighted by molar-refractivity contribution is 5.95. The molecule has 144 valence electrons. The van der Waals surface area contributed by atoms with Crippen LogP contribution < -0.4 is 10.2 Å². The Morgan fingerprint density at radius 2 is 1.74 bits per heavy atom. The number of hydrogen-bond donors (Lipinski definition) is 1. The van der Waals surface area contributed by atoms with E-state index in [4.69, 9.17) is 0 Å². The third-order valence-electron chi connectivity index (χ3n) is 5.07. The average Bonchev–Trinajstić information content (AvgIpc) is 2.70. The lowest BCUT2D eigenvalue weighted by molar-refractivity contribution is 0.0773. The predicted molar refractivity (Wildman–Crippen MR) is 111 cm³/mol. The fourth-order valence-corrected chi connectivity index (χ4v) is 3.29. The smallest absolute Gasteiger partial charge is 0.254 e. The van der Waals surface area contributed by atoms with Crippen molar-refractivity contribution in [3.05, 3.63) is 48.2 Å². The van der Waals surface area contributed by atoms with Crippen molar-refractivity contribution in [3.8, 4) is 0 Å². The second-order valence-corrected chi connectivity index (χ2v) is 6.87. The number of carbonyl (C=O) groups is 1. The molecule has 2 aromatic rings. The minimum Gasteiger partial charge on any atom is -0.369 e.